The summed E-state index contributed by atoms with van der Waals surface area (Å²) in [6, 6.07) is 5.03. The first kappa shape index (κ1) is 16.8. The van der Waals surface area contributed by atoms with Crippen LogP contribution in [0, 0.1) is 5.92 Å². The molecule has 2 atom stereocenters. The molecule has 0 saturated heterocycles. The van der Waals surface area contributed by atoms with E-state index in [1.165, 1.54) is 0 Å². The number of hydrogen-bond acceptors (Lipinski definition) is 3. The summed E-state index contributed by atoms with van der Waals surface area (Å²) >= 11 is 6.08. The van der Waals surface area contributed by atoms with Gasteiger partial charge in [0.2, 0.25) is 0 Å². The molecule has 4 nitrogen and oxygen atoms in total. The van der Waals surface area contributed by atoms with Gasteiger partial charge in [-0.15, -0.1) is 0 Å². The van der Waals surface area contributed by atoms with Crippen LogP contribution in [0.1, 0.15) is 39.4 Å². The van der Waals surface area contributed by atoms with Gasteiger partial charge in [0.15, 0.2) is 6.10 Å². The minimum Gasteiger partial charge on any atom is -0.479 e. The molecule has 0 bridgehead atoms. The molecule has 1 amide bonds. The van der Waals surface area contributed by atoms with E-state index in [0.29, 0.717) is 28.8 Å². The fourth-order valence-electron chi connectivity index (χ4n) is 1.56. The second kappa shape index (κ2) is 7.50. The molecule has 0 saturated carbocycles. The average molecular weight is 300 g/mol. The minimum absolute atomic E-state index is 0.172. The summed E-state index contributed by atoms with van der Waals surface area (Å²) in [5.41, 5.74) is 0.708. The number of ether oxygens (including phenoxy) is 1. The lowest BCUT2D eigenvalue weighted by molar-refractivity contribution is -0.127. The normalized spacial score (nSPS) is 13.9. The number of halogens is 1. The molecule has 0 aromatic heterocycles. The number of aliphatic hydroxyl groups excluding tert-OH is 1. The molecule has 112 valence electrons. The molecule has 0 aliphatic heterocycles. The molecule has 1 unspecified atom stereocenters. The van der Waals surface area contributed by atoms with E-state index in [0.717, 1.165) is 0 Å². The fourth-order valence-corrected chi connectivity index (χ4v) is 1.80. The highest BCUT2D eigenvalue weighted by Crippen LogP contribution is 2.28. The Kier molecular flexibility index (Phi) is 6.30. The standard InChI is InChI=1S/C15H22ClNO3/c1-9(2)8-17-15(19)11(4)20-14-6-5-12(10(3)18)7-13(14)16/h5-7,9-11,18H,8H2,1-4H3,(H,17,19)/t10-,11?/m1/s1. The molecular weight excluding hydrogens is 278 g/mol. The predicted molar refractivity (Wildman–Crippen MR) is 80.0 cm³/mol. The van der Waals surface area contributed by atoms with Crippen molar-refractivity contribution >= 4 is 17.5 Å². The first-order valence-corrected chi connectivity index (χ1v) is 7.11. The van der Waals surface area contributed by atoms with Crippen molar-refractivity contribution in [2.45, 2.75) is 39.9 Å². The summed E-state index contributed by atoms with van der Waals surface area (Å²) in [4.78, 5) is 11.8. The van der Waals surface area contributed by atoms with Crippen LogP contribution in [0.4, 0.5) is 0 Å². The number of carbonyl (C=O) groups excluding carboxylic acids is 1. The zero-order valence-corrected chi connectivity index (χ0v) is 13.1. The third-order valence-corrected chi connectivity index (χ3v) is 3.09. The summed E-state index contributed by atoms with van der Waals surface area (Å²) < 4.78 is 5.55. The van der Waals surface area contributed by atoms with Gasteiger partial charge in [0, 0.05) is 6.54 Å². The maximum Gasteiger partial charge on any atom is 0.260 e. The number of carbonyl (C=O) groups is 1. The number of aliphatic hydroxyl groups is 1. The highest BCUT2D eigenvalue weighted by molar-refractivity contribution is 6.32. The third-order valence-electron chi connectivity index (χ3n) is 2.80. The summed E-state index contributed by atoms with van der Waals surface area (Å²) in [5, 5.41) is 12.7. The number of amides is 1. The Labute approximate surface area is 125 Å². The van der Waals surface area contributed by atoms with Gasteiger partial charge in [-0.05, 0) is 37.5 Å². The molecule has 0 aliphatic rings. The molecule has 20 heavy (non-hydrogen) atoms. The van der Waals surface area contributed by atoms with Gasteiger partial charge in [0.1, 0.15) is 5.75 Å². The first-order valence-electron chi connectivity index (χ1n) is 6.73. The van der Waals surface area contributed by atoms with E-state index < -0.39 is 12.2 Å². The second-order valence-corrected chi connectivity index (χ2v) is 5.67. The second-order valence-electron chi connectivity index (χ2n) is 5.26. The van der Waals surface area contributed by atoms with Crippen LogP contribution in [0.5, 0.6) is 5.75 Å². The number of benzene rings is 1. The average Bonchev–Trinajstić information content (AvgIpc) is 2.37. The summed E-state index contributed by atoms with van der Waals surface area (Å²) in [5.74, 6) is 0.651. The lowest BCUT2D eigenvalue weighted by Gasteiger charge is -2.17. The molecule has 1 rings (SSSR count). The van der Waals surface area contributed by atoms with Crippen molar-refractivity contribution in [1.29, 1.82) is 0 Å². The Bertz CT molecular complexity index is 460. The van der Waals surface area contributed by atoms with Crippen LogP contribution in [-0.4, -0.2) is 23.7 Å². The van der Waals surface area contributed by atoms with Gasteiger partial charge in [-0.1, -0.05) is 31.5 Å². The monoisotopic (exact) mass is 299 g/mol. The van der Waals surface area contributed by atoms with Crippen LogP contribution in [0.15, 0.2) is 18.2 Å². The number of rotatable bonds is 6. The molecule has 0 spiro atoms. The van der Waals surface area contributed by atoms with E-state index in [1.54, 1.807) is 32.0 Å². The molecule has 5 heteroatoms. The Balaban J connectivity index is 2.66. The minimum atomic E-state index is -0.622. The summed E-state index contributed by atoms with van der Waals surface area (Å²) in [6.45, 7) is 8.00. The van der Waals surface area contributed by atoms with Crippen molar-refractivity contribution in [2.24, 2.45) is 5.92 Å². The van der Waals surface area contributed by atoms with Gasteiger partial charge in [-0.2, -0.15) is 0 Å². The van der Waals surface area contributed by atoms with Gasteiger partial charge in [0.25, 0.3) is 5.91 Å². The van der Waals surface area contributed by atoms with Gasteiger partial charge in [-0.25, -0.2) is 0 Å². The molecule has 0 fully saturated rings. The van der Waals surface area contributed by atoms with Crippen LogP contribution in [-0.2, 0) is 4.79 Å². The Morgan fingerprint density at radius 2 is 2.00 bits per heavy atom. The van der Waals surface area contributed by atoms with Crippen molar-refractivity contribution in [3.63, 3.8) is 0 Å². The largest absolute Gasteiger partial charge is 0.479 e. The molecule has 2 N–H and O–H groups in total. The van der Waals surface area contributed by atoms with E-state index in [4.69, 9.17) is 16.3 Å². The van der Waals surface area contributed by atoms with E-state index in [-0.39, 0.29) is 5.91 Å². The highest BCUT2D eigenvalue weighted by Gasteiger charge is 2.16. The van der Waals surface area contributed by atoms with Crippen LogP contribution in [0.25, 0.3) is 0 Å². The van der Waals surface area contributed by atoms with E-state index in [9.17, 15) is 9.90 Å². The third kappa shape index (κ3) is 5.02. The number of nitrogens with one attached hydrogen (secondary N) is 1. The van der Waals surface area contributed by atoms with Gasteiger partial charge in [-0.3, -0.25) is 4.79 Å². The summed E-state index contributed by atoms with van der Waals surface area (Å²) in [6.07, 6.45) is -1.21. The van der Waals surface area contributed by atoms with E-state index in [1.807, 2.05) is 13.8 Å². The lowest BCUT2D eigenvalue weighted by atomic mass is 10.1. The maximum atomic E-state index is 11.8. The lowest BCUT2D eigenvalue weighted by Crippen LogP contribution is -2.38. The highest BCUT2D eigenvalue weighted by atomic mass is 35.5. The topological polar surface area (TPSA) is 58.6 Å². The molecular formula is C15H22ClNO3. The summed E-state index contributed by atoms with van der Waals surface area (Å²) in [7, 11) is 0. The zero-order chi connectivity index (χ0) is 15.3. The van der Waals surface area contributed by atoms with E-state index in [2.05, 4.69) is 5.32 Å². The van der Waals surface area contributed by atoms with Crippen LogP contribution in [0.2, 0.25) is 5.02 Å². The Morgan fingerprint density at radius 3 is 2.50 bits per heavy atom. The maximum absolute atomic E-state index is 11.8. The van der Waals surface area contributed by atoms with Crippen molar-refractivity contribution in [2.75, 3.05) is 6.54 Å². The van der Waals surface area contributed by atoms with Crippen molar-refractivity contribution in [1.82, 2.24) is 5.32 Å². The van der Waals surface area contributed by atoms with E-state index >= 15 is 0 Å². The molecule has 1 aromatic carbocycles. The quantitative estimate of drug-likeness (QED) is 0.849. The van der Waals surface area contributed by atoms with Crippen LogP contribution < -0.4 is 10.1 Å². The van der Waals surface area contributed by atoms with Gasteiger partial charge < -0.3 is 15.2 Å². The van der Waals surface area contributed by atoms with Crippen molar-refractivity contribution in [3.05, 3.63) is 28.8 Å². The van der Waals surface area contributed by atoms with Crippen molar-refractivity contribution in [3.8, 4) is 5.75 Å². The Hall–Kier alpha value is -1.26. The van der Waals surface area contributed by atoms with Crippen LogP contribution in [0.3, 0.4) is 0 Å². The molecule has 0 radical (unpaired) electrons. The van der Waals surface area contributed by atoms with Crippen molar-refractivity contribution < 1.29 is 14.6 Å². The van der Waals surface area contributed by atoms with Crippen LogP contribution >= 0.6 is 11.6 Å². The molecule has 0 aliphatic carbocycles. The number of hydrogen-bond donors (Lipinski definition) is 2. The molecule has 0 heterocycles. The Morgan fingerprint density at radius 1 is 1.35 bits per heavy atom. The fraction of sp³-hybridized carbons (Fsp3) is 0.533. The molecule has 1 aromatic rings. The first-order chi connectivity index (χ1) is 9.31. The smallest absolute Gasteiger partial charge is 0.260 e. The predicted octanol–water partition coefficient (Wildman–Crippen LogP) is 2.93. The van der Waals surface area contributed by atoms with Gasteiger partial charge >= 0.3 is 0 Å². The zero-order valence-electron chi connectivity index (χ0n) is 12.3. The SMILES string of the molecule is CC(C)CNC(=O)C(C)Oc1ccc([C@@H](C)O)cc1Cl. The van der Waals surface area contributed by atoms with Gasteiger partial charge in [0.05, 0.1) is 11.1 Å².